The van der Waals surface area contributed by atoms with E-state index in [0.717, 1.165) is 22.2 Å². The van der Waals surface area contributed by atoms with Crippen molar-refractivity contribution in [1.82, 2.24) is 9.36 Å². The normalized spacial score (nSPS) is 16.5. The van der Waals surface area contributed by atoms with E-state index in [1.54, 1.807) is 0 Å². The van der Waals surface area contributed by atoms with E-state index in [-0.39, 0.29) is 6.04 Å². The van der Waals surface area contributed by atoms with Crippen LogP contribution in [0.1, 0.15) is 43.1 Å². The summed E-state index contributed by atoms with van der Waals surface area (Å²) in [5.74, 6) is 1.60. The van der Waals surface area contributed by atoms with Gasteiger partial charge in [-0.15, -0.1) is 0 Å². The molecule has 4 nitrogen and oxygen atoms in total. The largest absolute Gasteiger partial charge is 0.398 e. The minimum Gasteiger partial charge on any atom is -0.398 e. The summed E-state index contributed by atoms with van der Waals surface area (Å²) in [6, 6.07) is 8.05. The Kier molecular flexibility index (Phi) is 2.91. The molecule has 3 rings (SSSR count). The molecule has 0 amide bonds. The zero-order chi connectivity index (χ0) is 12.5. The number of hydrogen-bond acceptors (Lipinski definition) is 5. The van der Waals surface area contributed by atoms with Gasteiger partial charge >= 0.3 is 0 Å². The number of hydrogen-bond donors (Lipinski definition) is 2. The van der Waals surface area contributed by atoms with E-state index in [9.17, 15) is 0 Å². The molecule has 2 aromatic rings. The van der Waals surface area contributed by atoms with Gasteiger partial charge in [-0.1, -0.05) is 18.2 Å². The highest BCUT2D eigenvalue weighted by atomic mass is 32.1. The van der Waals surface area contributed by atoms with Crippen LogP contribution in [-0.4, -0.2) is 9.36 Å². The molecule has 1 heterocycles. The Labute approximate surface area is 110 Å². The number of nitrogens with two attached hydrogens (primary N) is 1. The maximum absolute atomic E-state index is 5.97. The summed E-state index contributed by atoms with van der Waals surface area (Å²) < 4.78 is 4.38. The first kappa shape index (κ1) is 11.5. The highest BCUT2D eigenvalue weighted by molar-refractivity contribution is 7.09. The van der Waals surface area contributed by atoms with Crippen molar-refractivity contribution >= 4 is 22.4 Å². The average Bonchev–Trinajstić information content (AvgIpc) is 3.11. The molecule has 0 radical (unpaired) electrons. The molecule has 1 fully saturated rings. The van der Waals surface area contributed by atoms with Crippen LogP contribution in [0.4, 0.5) is 10.8 Å². The van der Waals surface area contributed by atoms with Gasteiger partial charge in [0.25, 0.3) is 0 Å². The van der Waals surface area contributed by atoms with Crippen LogP contribution in [0.2, 0.25) is 0 Å². The van der Waals surface area contributed by atoms with Gasteiger partial charge in [-0.2, -0.15) is 4.37 Å². The number of aromatic nitrogens is 2. The van der Waals surface area contributed by atoms with E-state index in [4.69, 9.17) is 5.73 Å². The van der Waals surface area contributed by atoms with Crippen molar-refractivity contribution in [1.29, 1.82) is 0 Å². The lowest BCUT2D eigenvalue weighted by Crippen LogP contribution is -2.08. The Morgan fingerprint density at radius 2 is 2.17 bits per heavy atom. The summed E-state index contributed by atoms with van der Waals surface area (Å²) in [5, 5.41) is 4.25. The van der Waals surface area contributed by atoms with Crippen molar-refractivity contribution in [2.45, 2.75) is 31.7 Å². The zero-order valence-electron chi connectivity index (χ0n) is 10.3. The fourth-order valence-corrected chi connectivity index (χ4v) is 2.70. The Morgan fingerprint density at radius 3 is 2.89 bits per heavy atom. The maximum Gasteiger partial charge on any atom is 0.203 e. The van der Waals surface area contributed by atoms with Gasteiger partial charge in [0.05, 0.1) is 6.04 Å². The molecule has 1 unspecified atom stereocenters. The Morgan fingerprint density at radius 1 is 1.39 bits per heavy atom. The first-order chi connectivity index (χ1) is 8.74. The fraction of sp³-hybridized carbons (Fsp3) is 0.385. The predicted molar refractivity (Wildman–Crippen MR) is 74.8 cm³/mol. The van der Waals surface area contributed by atoms with Crippen molar-refractivity contribution in [3.63, 3.8) is 0 Å². The van der Waals surface area contributed by atoms with Gasteiger partial charge in [-0.05, 0) is 31.4 Å². The SMILES string of the molecule is CC(Nc1nc(C2CC2)ns1)c1ccccc1N. The molecule has 5 heteroatoms. The fourth-order valence-electron chi connectivity index (χ4n) is 1.97. The third-order valence-electron chi connectivity index (χ3n) is 3.19. The summed E-state index contributed by atoms with van der Waals surface area (Å²) in [7, 11) is 0. The standard InChI is InChI=1S/C13H16N4S/c1-8(10-4-2-3-5-11(10)14)15-13-16-12(17-18-13)9-6-7-9/h2-5,8-9H,6-7,14H2,1H3,(H,15,16,17). The van der Waals surface area contributed by atoms with Gasteiger partial charge < -0.3 is 11.1 Å². The van der Waals surface area contributed by atoms with E-state index in [0.29, 0.717) is 5.92 Å². The quantitative estimate of drug-likeness (QED) is 0.829. The molecule has 18 heavy (non-hydrogen) atoms. The van der Waals surface area contributed by atoms with E-state index >= 15 is 0 Å². The first-order valence-corrected chi connectivity index (χ1v) is 6.96. The molecule has 1 aliphatic carbocycles. The maximum atomic E-state index is 5.97. The van der Waals surface area contributed by atoms with Crippen LogP contribution in [0.5, 0.6) is 0 Å². The lowest BCUT2D eigenvalue weighted by Gasteiger charge is -2.14. The highest BCUT2D eigenvalue weighted by Gasteiger charge is 2.28. The molecule has 1 aromatic carbocycles. The second-order valence-electron chi connectivity index (χ2n) is 4.73. The minimum atomic E-state index is 0.145. The van der Waals surface area contributed by atoms with Gasteiger partial charge in [0, 0.05) is 23.1 Å². The molecule has 1 atom stereocenters. The topological polar surface area (TPSA) is 63.8 Å². The molecule has 1 saturated carbocycles. The molecule has 3 N–H and O–H groups in total. The van der Waals surface area contributed by atoms with Gasteiger partial charge in [-0.25, -0.2) is 4.98 Å². The number of nitrogen functional groups attached to an aromatic ring is 1. The van der Waals surface area contributed by atoms with Crippen LogP contribution in [0.25, 0.3) is 0 Å². The van der Waals surface area contributed by atoms with Crippen molar-refractivity contribution in [2.24, 2.45) is 0 Å². The summed E-state index contributed by atoms with van der Waals surface area (Å²) in [5.41, 5.74) is 7.87. The van der Waals surface area contributed by atoms with Crippen LogP contribution in [-0.2, 0) is 0 Å². The molecule has 0 bridgehead atoms. The number of benzene rings is 1. The van der Waals surface area contributed by atoms with Crippen molar-refractivity contribution < 1.29 is 0 Å². The Bertz CT molecular complexity index is 547. The summed E-state index contributed by atoms with van der Waals surface area (Å²) in [6.07, 6.45) is 2.47. The second-order valence-corrected chi connectivity index (χ2v) is 5.48. The number of nitrogens with one attached hydrogen (secondary N) is 1. The van der Waals surface area contributed by atoms with Crippen molar-refractivity contribution in [2.75, 3.05) is 11.1 Å². The Balaban J connectivity index is 1.73. The minimum absolute atomic E-state index is 0.145. The van der Waals surface area contributed by atoms with Crippen LogP contribution in [0.3, 0.4) is 0 Å². The average molecular weight is 260 g/mol. The lowest BCUT2D eigenvalue weighted by atomic mass is 10.1. The summed E-state index contributed by atoms with van der Waals surface area (Å²) in [6.45, 7) is 2.09. The molecule has 0 aliphatic heterocycles. The second kappa shape index (κ2) is 4.57. The monoisotopic (exact) mass is 260 g/mol. The van der Waals surface area contributed by atoms with Gasteiger partial charge in [0.15, 0.2) is 0 Å². The zero-order valence-corrected chi connectivity index (χ0v) is 11.1. The lowest BCUT2D eigenvalue weighted by molar-refractivity contribution is 0.878. The molecular weight excluding hydrogens is 244 g/mol. The van der Waals surface area contributed by atoms with Crippen LogP contribution in [0.15, 0.2) is 24.3 Å². The van der Waals surface area contributed by atoms with E-state index in [2.05, 4.69) is 21.6 Å². The van der Waals surface area contributed by atoms with Crippen molar-refractivity contribution in [3.05, 3.63) is 35.7 Å². The van der Waals surface area contributed by atoms with Crippen molar-refractivity contribution in [3.8, 4) is 0 Å². The highest BCUT2D eigenvalue weighted by Crippen LogP contribution is 2.39. The smallest absolute Gasteiger partial charge is 0.203 e. The van der Waals surface area contributed by atoms with E-state index in [1.807, 2.05) is 24.3 Å². The number of nitrogens with zero attached hydrogens (tertiary/aromatic N) is 2. The molecular formula is C13H16N4S. The number of anilines is 2. The molecule has 94 valence electrons. The number of para-hydroxylation sites is 1. The van der Waals surface area contributed by atoms with E-state index in [1.165, 1.54) is 24.4 Å². The molecule has 1 aliphatic rings. The van der Waals surface area contributed by atoms with Crippen LogP contribution in [0, 0.1) is 0 Å². The summed E-state index contributed by atoms with van der Waals surface area (Å²) >= 11 is 1.43. The van der Waals surface area contributed by atoms with Crippen LogP contribution >= 0.6 is 11.5 Å². The Hall–Kier alpha value is -1.62. The third-order valence-corrected chi connectivity index (χ3v) is 3.85. The summed E-state index contributed by atoms with van der Waals surface area (Å²) in [4.78, 5) is 4.52. The molecule has 1 aromatic heterocycles. The van der Waals surface area contributed by atoms with Crippen LogP contribution < -0.4 is 11.1 Å². The molecule has 0 spiro atoms. The third kappa shape index (κ3) is 2.31. The predicted octanol–water partition coefficient (Wildman–Crippen LogP) is 3.17. The van der Waals surface area contributed by atoms with E-state index < -0.39 is 0 Å². The molecule has 0 saturated heterocycles. The first-order valence-electron chi connectivity index (χ1n) is 6.18. The van der Waals surface area contributed by atoms with Gasteiger partial charge in [0.2, 0.25) is 5.13 Å². The van der Waals surface area contributed by atoms with Gasteiger partial charge in [0.1, 0.15) is 5.82 Å². The number of rotatable bonds is 4. The van der Waals surface area contributed by atoms with Gasteiger partial charge in [-0.3, -0.25) is 0 Å².